The lowest BCUT2D eigenvalue weighted by Crippen LogP contribution is -2.56. The highest BCUT2D eigenvalue weighted by Gasteiger charge is 2.64. The van der Waals surface area contributed by atoms with Crippen molar-refractivity contribution in [1.29, 1.82) is 0 Å². The Labute approximate surface area is 211 Å². The summed E-state index contributed by atoms with van der Waals surface area (Å²) in [6, 6.07) is 0. The van der Waals surface area contributed by atoms with Crippen molar-refractivity contribution in [2.45, 2.75) is 118 Å². The van der Waals surface area contributed by atoms with Crippen LogP contribution in [0, 0.1) is 45.8 Å². The third-order valence-electron chi connectivity index (χ3n) is 11.1. The molecule has 4 aliphatic rings. The lowest BCUT2D eigenvalue weighted by molar-refractivity contribution is -0.114. The van der Waals surface area contributed by atoms with Crippen molar-refractivity contribution in [3.8, 4) is 0 Å². The minimum atomic E-state index is -0.148. The van der Waals surface area contributed by atoms with Crippen molar-refractivity contribution in [1.82, 2.24) is 0 Å². The zero-order chi connectivity index (χ0) is 23.3. The summed E-state index contributed by atoms with van der Waals surface area (Å²) >= 11 is 1.78. The fourth-order valence-electron chi connectivity index (χ4n) is 9.54. The highest BCUT2D eigenvalue weighted by Crippen LogP contribution is 2.72. The Morgan fingerprint density at radius 3 is 2.47 bits per heavy atom. The lowest BCUT2D eigenvalue weighted by atomic mass is 9.41. The summed E-state index contributed by atoms with van der Waals surface area (Å²) in [6.07, 6.45) is 17.0. The number of ether oxygens (including phenoxy) is 1. The van der Waals surface area contributed by atoms with Gasteiger partial charge < -0.3 is 4.74 Å². The van der Waals surface area contributed by atoms with E-state index in [1.807, 2.05) is 0 Å². The molecule has 0 aromatic heterocycles. The first-order chi connectivity index (χ1) is 15.0. The topological polar surface area (TPSA) is 26.3 Å². The lowest BCUT2D eigenvalue weighted by Gasteiger charge is -2.63. The molecule has 0 spiro atoms. The van der Waals surface area contributed by atoms with E-state index in [1.165, 1.54) is 57.8 Å². The minimum absolute atomic E-state index is 0.0967. The molecular formula is C29H47IO2. The molecule has 0 radical (unpaired) electrons. The van der Waals surface area contributed by atoms with Crippen LogP contribution in [0.15, 0.2) is 11.6 Å². The Morgan fingerprint density at radius 2 is 1.78 bits per heavy atom. The first-order valence-corrected chi connectivity index (χ1v) is 14.6. The predicted octanol–water partition coefficient (Wildman–Crippen LogP) is 9.36. The molecule has 0 N–H and O–H groups in total. The van der Waals surface area contributed by atoms with E-state index in [9.17, 15) is 4.79 Å². The zero-order valence-electron chi connectivity index (χ0n) is 21.5. The largest absolute Gasteiger partial charge is 0.455 e. The number of fused-ring (bicyclic) bond motifs is 5. The van der Waals surface area contributed by atoms with Gasteiger partial charge in [-0.3, -0.25) is 0 Å². The van der Waals surface area contributed by atoms with Gasteiger partial charge in [-0.1, -0.05) is 72.5 Å². The molecule has 3 saturated carbocycles. The minimum Gasteiger partial charge on any atom is -0.455 e. The van der Waals surface area contributed by atoms with Gasteiger partial charge >= 0.3 is 3.98 Å². The second-order valence-electron chi connectivity index (χ2n) is 13.2. The Morgan fingerprint density at radius 1 is 1.03 bits per heavy atom. The van der Waals surface area contributed by atoms with Crippen molar-refractivity contribution in [2.24, 2.45) is 45.8 Å². The number of carbonyl (C=O) groups is 1. The molecule has 0 aromatic carbocycles. The smallest absolute Gasteiger partial charge is 0.367 e. The molecule has 0 unspecified atom stereocenters. The van der Waals surface area contributed by atoms with Crippen LogP contribution in [0.3, 0.4) is 0 Å². The van der Waals surface area contributed by atoms with Gasteiger partial charge in [-0.05, 0) is 90.8 Å². The first kappa shape index (κ1) is 25.0. The molecule has 32 heavy (non-hydrogen) atoms. The van der Waals surface area contributed by atoms with Crippen LogP contribution in [0.2, 0.25) is 0 Å². The number of carbonyl (C=O) groups excluding carboxylic acids is 1. The summed E-state index contributed by atoms with van der Waals surface area (Å²) in [5.74, 6) is 4.27. The second-order valence-corrected chi connectivity index (χ2v) is 14.1. The van der Waals surface area contributed by atoms with Crippen LogP contribution in [0.25, 0.3) is 0 Å². The maximum absolute atomic E-state index is 11.5. The van der Waals surface area contributed by atoms with Crippen LogP contribution in [0.1, 0.15) is 112 Å². The average Bonchev–Trinajstić information content (AvgIpc) is 3.06. The standard InChI is InChI=1S/C29H47IO2/c1-19(2)8-7-9-20(3)23-10-11-24-28(23,5)17-14-25-27(4)16-13-22(32-26(30)31)18-21(27)12-15-29(24,25)6/h12,19-20,22-25H,7-11,13-18H2,1-6H3/t20-,22+,23-,24-,25-,27+,28-,29+/m1/s1. The molecule has 3 fully saturated rings. The van der Waals surface area contributed by atoms with E-state index in [2.05, 4.69) is 47.6 Å². The Kier molecular flexibility index (Phi) is 7.19. The van der Waals surface area contributed by atoms with E-state index < -0.39 is 0 Å². The summed E-state index contributed by atoms with van der Waals surface area (Å²) in [5, 5.41) is 0. The number of hydrogen-bond acceptors (Lipinski definition) is 2. The molecule has 8 atom stereocenters. The Balaban J connectivity index is 1.52. The predicted molar refractivity (Wildman–Crippen MR) is 142 cm³/mol. The van der Waals surface area contributed by atoms with E-state index in [0.717, 1.165) is 42.4 Å². The molecule has 2 nitrogen and oxygen atoms in total. The van der Waals surface area contributed by atoms with Crippen molar-refractivity contribution in [3.05, 3.63) is 11.6 Å². The zero-order valence-corrected chi connectivity index (χ0v) is 23.7. The molecule has 4 aliphatic carbocycles. The van der Waals surface area contributed by atoms with E-state index in [-0.39, 0.29) is 10.1 Å². The highest BCUT2D eigenvalue weighted by atomic mass is 127. The van der Waals surface area contributed by atoms with Crippen molar-refractivity contribution in [3.63, 3.8) is 0 Å². The Bertz CT molecular complexity index is 743. The van der Waals surface area contributed by atoms with E-state index in [1.54, 1.807) is 28.2 Å². The van der Waals surface area contributed by atoms with E-state index in [0.29, 0.717) is 16.2 Å². The van der Waals surface area contributed by atoms with Gasteiger partial charge in [0.15, 0.2) is 0 Å². The van der Waals surface area contributed by atoms with Crippen LogP contribution >= 0.6 is 22.6 Å². The third kappa shape index (κ3) is 4.24. The van der Waals surface area contributed by atoms with Crippen LogP contribution in [0.5, 0.6) is 0 Å². The fourth-order valence-corrected chi connectivity index (χ4v) is 9.90. The summed E-state index contributed by atoms with van der Waals surface area (Å²) in [6.45, 7) is 15.2. The molecule has 0 aromatic rings. The van der Waals surface area contributed by atoms with Crippen molar-refractivity contribution in [2.75, 3.05) is 0 Å². The highest BCUT2D eigenvalue weighted by molar-refractivity contribution is 14.1. The second kappa shape index (κ2) is 9.19. The summed E-state index contributed by atoms with van der Waals surface area (Å²) in [4.78, 5) is 11.5. The average molecular weight is 555 g/mol. The van der Waals surface area contributed by atoms with Gasteiger partial charge in [0.2, 0.25) is 0 Å². The maximum Gasteiger partial charge on any atom is 0.367 e. The number of halogens is 1. The third-order valence-corrected chi connectivity index (χ3v) is 11.3. The molecule has 0 aliphatic heterocycles. The molecule has 182 valence electrons. The summed E-state index contributed by atoms with van der Waals surface area (Å²) < 4.78 is 5.48. The van der Waals surface area contributed by atoms with Crippen LogP contribution in [-0.2, 0) is 4.74 Å². The Hall–Kier alpha value is -0.0600. The molecule has 4 rings (SSSR count). The monoisotopic (exact) mass is 554 g/mol. The molecule has 0 saturated heterocycles. The summed E-state index contributed by atoms with van der Waals surface area (Å²) in [7, 11) is 0. The van der Waals surface area contributed by atoms with Gasteiger partial charge in [-0.25, -0.2) is 4.79 Å². The van der Waals surface area contributed by atoms with Gasteiger partial charge in [0.25, 0.3) is 0 Å². The molecule has 0 bridgehead atoms. The first-order valence-electron chi connectivity index (χ1n) is 13.6. The number of allylic oxidation sites excluding steroid dienone is 1. The number of hydrogen-bond donors (Lipinski definition) is 0. The van der Waals surface area contributed by atoms with Gasteiger partial charge in [-0.15, -0.1) is 0 Å². The van der Waals surface area contributed by atoms with Crippen LogP contribution in [-0.4, -0.2) is 10.1 Å². The van der Waals surface area contributed by atoms with Crippen LogP contribution < -0.4 is 0 Å². The molecule has 0 heterocycles. The van der Waals surface area contributed by atoms with Gasteiger partial charge in [0.05, 0.1) is 22.6 Å². The van der Waals surface area contributed by atoms with Gasteiger partial charge in [-0.2, -0.15) is 0 Å². The van der Waals surface area contributed by atoms with Crippen molar-refractivity contribution < 1.29 is 9.53 Å². The van der Waals surface area contributed by atoms with Crippen molar-refractivity contribution >= 4 is 26.6 Å². The number of rotatable bonds is 6. The SMILES string of the molecule is CC(C)CCC[C@@H](C)[C@H]1CC[C@@H]2[C@]1(C)CC[C@H]1[C@@]2(C)CC=C2C[C@@H](OC(=O)I)CC[C@@]21C. The van der Waals surface area contributed by atoms with E-state index >= 15 is 0 Å². The molecule has 3 heteroatoms. The fraction of sp³-hybridized carbons (Fsp3) is 0.897. The van der Waals surface area contributed by atoms with Crippen LogP contribution in [0.4, 0.5) is 4.79 Å². The van der Waals surface area contributed by atoms with E-state index in [4.69, 9.17) is 4.74 Å². The van der Waals surface area contributed by atoms with Gasteiger partial charge in [0, 0.05) is 6.42 Å². The molecular weight excluding hydrogens is 507 g/mol. The van der Waals surface area contributed by atoms with Gasteiger partial charge in [0.1, 0.15) is 6.10 Å². The maximum atomic E-state index is 11.5. The molecule has 0 amide bonds. The quantitative estimate of drug-likeness (QED) is 0.186. The normalized spacial score (nSPS) is 44.3. The summed E-state index contributed by atoms with van der Waals surface area (Å²) in [5.41, 5.74) is 2.88.